The molecule has 1 aliphatic heterocycles. The molecule has 1 aromatic carbocycles. The number of nitrogens with zero attached hydrogens (tertiary/aromatic N) is 3. The molecule has 2 aromatic rings. The van der Waals surface area contributed by atoms with Crippen molar-refractivity contribution in [3.05, 3.63) is 59.0 Å². The molecule has 0 aliphatic carbocycles. The van der Waals surface area contributed by atoms with Crippen LogP contribution in [0.15, 0.2) is 40.8 Å². The van der Waals surface area contributed by atoms with Crippen molar-refractivity contribution in [1.29, 1.82) is 0 Å². The van der Waals surface area contributed by atoms with E-state index in [0.29, 0.717) is 32.7 Å². The molecular weight excluding hydrogens is 399 g/mol. The van der Waals surface area contributed by atoms with Gasteiger partial charge in [0.2, 0.25) is 5.91 Å². The Balaban J connectivity index is 1.48. The number of likely N-dealkylation sites (N-methyl/N-ethyl adjacent to an activating group) is 1. The molecule has 30 heavy (non-hydrogen) atoms. The highest BCUT2D eigenvalue weighted by Gasteiger charge is 2.31. The molecule has 0 unspecified atom stereocenters. The summed E-state index contributed by atoms with van der Waals surface area (Å²) in [7, 11) is 1.71. The number of benzene rings is 1. The number of carbonyl (C=O) groups is 2. The Kier molecular flexibility index (Phi) is 6.50. The molecule has 0 radical (unpaired) electrons. The van der Waals surface area contributed by atoms with Crippen molar-refractivity contribution < 1.29 is 27.2 Å². The SMILES string of the molecule is Cc1ccc(CN(C)C(=O)CN2CCN(C(=O)c3ccc(C(F)(F)F)cc3)CC2)o1. The number of hydrogen-bond donors (Lipinski definition) is 0. The molecule has 1 saturated heterocycles. The van der Waals surface area contributed by atoms with Gasteiger partial charge in [0.25, 0.3) is 5.91 Å². The molecule has 2 heterocycles. The Hall–Kier alpha value is -2.81. The smallest absolute Gasteiger partial charge is 0.416 e. The van der Waals surface area contributed by atoms with Gasteiger partial charge in [-0.3, -0.25) is 14.5 Å². The van der Waals surface area contributed by atoms with Gasteiger partial charge in [-0.05, 0) is 43.3 Å². The molecule has 1 fully saturated rings. The van der Waals surface area contributed by atoms with Gasteiger partial charge in [0, 0.05) is 38.8 Å². The fraction of sp³-hybridized carbons (Fsp3) is 0.429. The summed E-state index contributed by atoms with van der Waals surface area (Å²) in [6.45, 7) is 4.33. The first-order valence-electron chi connectivity index (χ1n) is 9.61. The number of halogens is 3. The lowest BCUT2D eigenvalue weighted by Gasteiger charge is -2.35. The van der Waals surface area contributed by atoms with E-state index >= 15 is 0 Å². The molecule has 162 valence electrons. The minimum atomic E-state index is -4.43. The average Bonchev–Trinajstić information content (AvgIpc) is 3.12. The molecule has 2 amide bonds. The largest absolute Gasteiger partial charge is 0.464 e. The van der Waals surface area contributed by atoms with Crippen LogP contribution in [0.5, 0.6) is 0 Å². The molecule has 0 N–H and O–H groups in total. The number of hydrogen-bond acceptors (Lipinski definition) is 4. The van der Waals surface area contributed by atoms with Crippen LogP contribution >= 0.6 is 0 Å². The van der Waals surface area contributed by atoms with E-state index in [1.54, 1.807) is 16.8 Å². The number of aryl methyl sites for hydroxylation is 1. The third-order valence-corrected chi connectivity index (χ3v) is 5.09. The topological polar surface area (TPSA) is 57.0 Å². The fourth-order valence-corrected chi connectivity index (χ4v) is 3.30. The maximum atomic E-state index is 12.7. The van der Waals surface area contributed by atoms with Crippen molar-refractivity contribution >= 4 is 11.8 Å². The van der Waals surface area contributed by atoms with Crippen LogP contribution in [0.4, 0.5) is 13.2 Å². The second-order valence-corrected chi connectivity index (χ2v) is 7.41. The van der Waals surface area contributed by atoms with Crippen LogP contribution in [0.1, 0.15) is 27.4 Å². The van der Waals surface area contributed by atoms with Crippen LogP contribution in [0.2, 0.25) is 0 Å². The Morgan fingerprint density at radius 2 is 1.67 bits per heavy atom. The molecule has 6 nitrogen and oxygen atoms in total. The van der Waals surface area contributed by atoms with Crippen LogP contribution in [-0.4, -0.2) is 66.3 Å². The maximum Gasteiger partial charge on any atom is 0.416 e. The first kappa shape index (κ1) is 21.9. The standard InChI is InChI=1S/C21H24F3N3O3/c1-15-3-8-18(30-15)13-25(2)19(28)14-26-9-11-27(12-10-26)20(29)16-4-6-17(7-5-16)21(22,23)24/h3-8H,9-14H2,1-2H3. The monoisotopic (exact) mass is 423 g/mol. The normalized spacial score (nSPS) is 15.3. The van der Waals surface area contributed by atoms with E-state index in [1.165, 1.54) is 12.1 Å². The Morgan fingerprint density at radius 3 is 2.20 bits per heavy atom. The lowest BCUT2D eigenvalue weighted by atomic mass is 10.1. The Labute approximate surface area is 172 Å². The van der Waals surface area contributed by atoms with E-state index in [9.17, 15) is 22.8 Å². The Bertz CT molecular complexity index is 885. The lowest BCUT2D eigenvalue weighted by molar-refractivity contribution is -0.137. The van der Waals surface area contributed by atoms with Crippen LogP contribution in [0.25, 0.3) is 0 Å². The maximum absolute atomic E-state index is 12.7. The van der Waals surface area contributed by atoms with Crippen molar-refractivity contribution in [1.82, 2.24) is 14.7 Å². The number of alkyl halides is 3. The second-order valence-electron chi connectivity index (χ2n) is 7.41. The highest BCUT2D eigenvalue weighted by Crippen LogP contribution is 2.29. The van der Waals surface area contributed by atoms with Gasteiger partial charge in [-0.2, -0.15) is 13.2 Å². The molecule has 0 atom stereocenters. The average molecular weight is 423 g/mol. The zero-order chi connectivity index (χ0) is 21.9. The summed E-state index contributed by atoms with van der Waals surface area (Å²) in [5.41, 5.74) is -0.558. The first-order valence-corrected chi connectivity index (χ1v) is 9.61. The van der Waals surface area contributed by atoms with Gasteiger partial charge >= 0.3 is 6.18 Å². The minimum Gasteiger partial charge on any atom is -0.464 e. The van der Waals surface area contributed by atoms with Gasteiger partial charge in [-0.1, -0.05) is 0 Å². The van der Waals surface area contributed by atoms with E-state index in [1.807, 2.05) is 24.0 Å². The molecule has 3 rings (SSSR count). The minimum absolute atomic E-state index is 0.0495. The van der Waals surface area contributed by atoms with Crippen LogP contribution in [0, 0.1) is 6.92 Å². The van der Waals surface area contributed by atoms with E-state index < -0.39 is 11.7 Å². The summed E-state index contributed by atoms with van der Waals surface area (Å²) >= 11 is 0. The molecule has 1 aliphatic rings. The van der Waals surface area contributed by atoms with Gasteiger partial charge < -0.3 is 14.2 Å². The van der Waals surface area contributed by atoms with E-state index in [4.69, 9.17) is 4.42 Å². The van der Waals surface area contributed by atoms with Crippen molar-refractivity contribution in [2.45, 2.75) is 19.6 Å². The van der Waals surface area contributed by atoms with E-state index in [2.05, 4.69) is 0 Å². The molecule has 0 spiro atoms. The van der Waals surface area contributed by atoms with Gasteiger partial charge in [-0.25, -0.2) is 0 Å². The lowest BCUT2D eigenvalue weighted by Crippen LogP contribution is -2.51. The van der Waals surface area contributed by atoms with Gasteiger partial charge in [0.05, 0.1) is 18.7 Å². The summed E-state index contributed by atoms with van der Waals surface area (Å²) in [5.74, 6) is 1.15. The zero-order valence-electron chi connectivity index (χ0n) is 16.9. The molecule has 0 bridgehead atoms. The summed E-state index contributed by atoms with van der Waals surface area (Å²) in [4.78, 5) is 30.1. The Morgan fingerprint density at radius 1 is 1.03 bits per heavy atom. The summed E-state index contributed by atoms with van der Waals surface area (Å²) < 4.78 is 43.5. The summed E-state index contributed by atoms with van der Waals surface area (Å²) in [6.07, 6.45) is -4.43. The van der Waals surface area contributed by atoms with Crippen molar-refractivity contribution in [3.8, 4) is 0 Å². The van der Waals surface area contributed by atoms with E-state index in [-0.39, 0.29) is 23.9 Å². The number of carbonyl (C=O) groups excluding carboxylic acids is 2. The van der Waals surface area contributed by atoms with Gasteiger partial charge in [0.1, 0.15) is 11.5 Å². The van der Waals surface area contributed by atoms with Crippen molar-refractivity contribution in [3.63, 3.8) is 0 Å². The van der Waals surface area contributed by atoms with Crippen molar-refractivity contribution in [2.24, 2.45) is 0 Å². The van der Waals surface area contributed by atoms with Gasteiger partial charge in [0.15, 0.2) is 0 Å². The number of piperazine rings is 1. The predicted molar refractivity (Wildman–Crippen MR) is 104 cm³/mol. The molecule has 1 aromatic heterocycles. The first-order chi connectivity index (χ1) is 14.1. The zero-order valence-corrected chi connectivity index (χ0v) is 16.9. The summed E-state index contributed by atoms with van der Waals surface area (Å²) in [6, 6.07) is 7.92. The number of amides is 2. The number of rotatable bonds is 5. The van der Waals surface area contributed by atoms with Crippen LogP contribution in [-0.2, 0) is 17.5 Å². The summed E-state index contributed by atoms with van der Waals surface area (Å²) in [5, 5.41) is 0. The van der Waals surface area contributed by atoms with Gasteiger partial charge in [-0.15, -0.1) is 0 Å². The van der Waals surface area contributed by atoms with Crippen LogP contribution in [0.3, 0.4) is 0 Å². The third kappa shape index (κ3) is 5.41. The highest BCUT2D eigenvalue weighted by atomic mass is 19.4. The second kappa shape index (κ2) is 8.91. The van der Waals surface area contributed by atoms with E-state index in [0.717, 1.165) is 23.7 Å². The molecule has 0 saturated carbocycles. The number of furan rings is 1. The van der Waals surface area contributed by atoms with Crippen LogP contribution < -0.4 is 0 Å². The third-order valence-electron chi connectivity index (χ3n) is 5.09. The quantitative estimate of drug-likeness (QED) is 0.742. The predicted octanol–water partition coefficient (Wildman–Crippen LogP) is 3.02. The van der Waals surface area contributed by atoms with Crippen molar-refractivity contribution in [2.75, 3.05) is 39.8 Å². The molecule has 9 heteroatoms. The molecular formula is C21H24F3N3O3. The fourth-order valence-electron chi connectivity index (χ4n) is 3.30. The highest BCUT2D eigenvalue weighted by molar-refractivity contribution is 5.94.